The Morgan fingerprint density at radius 1 is 0.933 bits per heavy atom. The van der Waals surface area contributed by atoms with Crippen LogP contribution >= 0.6 is 0 Å². The zero-order valence-corrected chi connectivity index (χ0v) is 17.3. The predicted molar refractivity (Wildman–Crippen MR) is 115 cm³/mol. The molecule has 0 saturated carbocycles. The van der Waals surface area contributed by atoms with Crippen LogP contribution in [0.15, 0.2) is 18.2 Å². The maximum atomic E-state index is 11.7. The summed E-state index contributed by atoms with van der Waals surface area (Å²) in [7, 11) is 1.31. The fraction of sp³-hybridized carbons (Fsp3) is 0.524. The fourth-order valence-electron chi connectivity index (χ4n) is 3.88. The summed E-state index contributed by atoms with van der Waals surface area (Å²) in [5.74, 6) is 1.14. The molecule has 0 spiro atoms. The van der Waals surface area contributed by atoms with Crippen LogP contribution in [-0.4, -0.2) is 59.3 Å². The number of phenols is 1. The number of anilines is 4. The van der Waals surface area contributed by atoms with Crippen LogP contribution in [0, 0.1) is 0 Å². The summed E-state index contributed by atoms with van der Waals surface area (Å²) in [4.78, 5) is 30.1. The lowest BCUT2D eigenvalue weighted by Crippen LogP contribution is -2.34. The van der Waals surface area contributed by atoms with Gasteiger partial charge in [-0.1, -0.05) is 0 Å². The smallest absolute Gasteiger partial charge is 0.337 e. The molecule has 1 aromatic carbocycles. The number of hydrogen-bond donors (Lipinski definition) is 2. The van der Waals surface area contributed by atoms with Gasteiger partial charge in [0.15, 0.2) is 0 Å². The van der Waals surface area contributed by atoms with Gasteiger partial charge in [-0.3, -0.25) is 0 Å². The molecule has 3 heterocycles. The van der Waals surface area contributed by atoms with Crippen molar-refractivity contribution in [3.8, 4) is 5.75 Å². The second-order valence-electron chi connectivity index (χ2n) is 7.70. The van der Waals surface area contributed by atoms with E-state index in [0.717, 1.165) is 51.9 Å². The van der Waals surface area contributed by atoms with Crippen molar-refractivity contribution in [2.75, 3.05) is 48.4 Å². The molecule has 2 aromatic rings. The Morgan fingerprint density at radius 3 is 2.00 bits per heavy atom. The minimum Gasteiger partial charge on any atom is -0.506 e. The van der Waals surface area contributed by atoms with E-state index in [9.17, 15) is 9.90 Å². The van der Waals surface area contributed by atoms with E-state index in [2.05, 4.69) is 25.1 Å². The highest BCUT2D eigenvalue weighted by Crippen LogP contribution is 2.29. The molecule has 0 radical (unpaired) electrons. The number of nitrogens with one attached hydrogen (secondary N) is 1. The van der Waals surface area contributed by atoms with E-state index in [1.165, 1.54) is 26.0 Å². The molecule has 4 rings (SSSR count). The number of nitrogens with zero attached hydrogens (tertiary/aromatic N) is 5. The third-order valence-electron chi connectivity index (χ3n) is 5.55. The number of hydrogen-bond acceptors (Lipinski definition) is 9. The Kier molecular flexibility index (Phi) is 6.15. The first-order valence-electron chi connectivity index (χ1n) is 10.6. The number of phenolic OH excluding ortho intramolecular Hbond substituents is 1. The van der Waals surface area contributed by atoms with E-state index in [1.807, 2.05) is 0 Å². The molecule has 2 aliphatic rings. The molecular weight excluding hydrogens is 384 g/mol. The van der Waals surface area contributed by atoms with E-state index in [-0.39, 0.29) is 11.3 Å². The topological polar surface area (TPSA) is 104 Å². The van der Waals surface area contributed by atoms with E-state index in [1.54, 1.807) is 12.1 Å². The molecule has 0 bridgehead atoms. The lowest BCUT2D eigenvalue weighted by Gasteiger charge is -2.30. The van der Waals surface area contributed by atoms with Gasteiger partial charge in [-0.2, -0.15) is 15.0 Å². The molecule has 0 aliphatic carbocycles. The third kappa shape index (κ3) is 4.55. The number of rotatable bonds is 5. The fourth-order valence-corrected chi connectivity index (χ4v) is 3.88. The average Bonchev–Trinajstić information content (AvgIpc) is 2.81. The quantitative estimate of drug-likeness (QED) is 0.566. The molecule has 0 atom stereocenters. The molecule has 30 heavy (non-hydrogen) atoms. The van der Waals surface area contributed by atoms with Gasteiger partial charge in [-0.15, -0.1) is 0 Å². The van der Waals surface area contributed by atoms with Gasteiger partial charge in [0.1, 0.15) is 5.75 Å². The molecule has 2 saturated heterocycles. The molecule has 9 heteroatoms. The second-order valence-corrected chi connectivity index (χ2v) is 7.70. The first-order chi connectivity index (χ1) is 14.6. The number of benzene rings is 1. The van der Waals surface area contributed by atoms with Crippen molar-refractivity contribution in [2.24, 2.45) is 0 Å². The number of methoxy groups -OCH3 is 1. The summed E-state index contributed by atoms with van der Waals surface area (Å²) in [6.45, 7) is 3.73. The summed E-state index contributed by atoms with van der Waals surface area (Å²) in [5, 5.41) is 13.5. The third-order valence-corrected chi connectivity index (χ3v) is 5.55. The SMILES string of the molecule is COC(=O)c1ccc(Nc2nc(N3CCCCC3)nc(N3CCCCC3)n2)c(O)c1. The molecular formula is C21H28N6O3. The van der Waals surface area contributed by atoms with Crippen molar-refractivity contribution in [3.63, 3.8) is 0 Å². The van der Waals surface area contributed by atoms with Gasteiger partial charge < -0.3 is 25.0 Å². The highest BCUT2D eigenvalue weighted by molar-refractivity contribution is 5.90. The summed E-state index contributed by atoms with van der Waals surface area (Å²) in [6, 6.07) is 4.57. The molecule has 0 amide bonds. The maximum absolute atomic E-state index is 11.7. The van der Waals surface area contributed by atoms with Crippen molar-refractivity contribution in [2.45, 2.75) is 38.5 Å². The van der Waals surface area contributed by atoms with Gasteiger partial charge in [-0.05, 0) is 56.7 Å². The van der Waals surface area contributed by atoms with Crippen LogP contribution in [0.5, 0.6) is 5.75 Å². The minimum absolute atomic E-state index is 0.0719. The van der Waals surface area contributed by atoms with Crippen molar-refractivity contribution in [3.05, 3.63) is 23.8 Å². The van der Waals surface area contributed by atoms with Crippen LogP contribution in [-0.2, 0) is 4.74 Å². The van der Waals surface area contributed by atoms with Crippen LogP contribution in [0.1, 0.15) is 48.9 Å². The summed E-state index contributed by atoms with van der Waals surface area (Å²) in [6.07, 6.45) is 6.97. The highest BCUT2D eigenvalue weighted by atomic mass is 16.5. The summed E-state index contributed by atoms with van der Waals surface area (Å²) >= 11 is 0. The van der Waals surface area contributed by atoms with Crippen LogP contribution in [0.3, 0.4) is 0 Å². The van der Waals surface area contributed by atoms with Gasteiger partial charge in [-0.25, -0.2) is 4.79 Å². The second kappa shape index (κ2) is 9.15. The number of esters is 1. The highest BCUT2D eigenvalue weighted by Gasteiger charge is 2.21. The lowest BCUT2D eigenvalue weighted by atomic mass is 10.1. The number of ether oxygens (including phenoxy) is 1. The number of aromatic hydroxyl groups is 1. The molecule has 2 fully saturated rings. The van der Waals surface area contributed by atoms with Crippen LogP contribution in [0.2, 0.25) is 0 Å². The van der Waals surface area contributed by atoms with Crippen LogP contribution in [0.25, 0.3) is 0 Å². The monoisotopic (exact) mass is 412 g/mol. The zero-order chi connectivity index (χ0) is 20.9. The maximum Gasteiger partial charge on any atom is 0.337 e. The average molecular weight is 412 g/mol. The zero-order valence-electron chi connectivity index (χ0n) is 17.3. The van der Waals surface area contributed by atoms with Crippen molar-refractivity contribution < 1.29 is 14.6 Å². The van der Waals surface area contributed by atoms with E-state index >= 15 is 0 Å². The Balaban J connectivity index is 1.63. The largest absolute Gasteiger partial charge is 0.506 e. The molecule has 1 aromatic heterocycles. The van der Waals surface area contributed by atoms with Gasteiger partial charge in [0, 0.05) is 26.2 Å². The Labute approximate surface area is 176 Å². The first-order valence-corrected chi connectivity index (χ1v) is 10.6. The Morgan fingerprint density at radius 2 is 1.50 bits per heavy atom. The van der Waals surface area contributed by atoms with E-state index in [4.69, 9.17) is 9.72 Å². The normalized spacial score (nSPS) is 17.0. The number of aromatic nitrogens is 3. The Hall–Kier alpha value is -3.10. The van der Waals surface area contributed by atoms with Crippen LogP contribution in [0.4, 0.5) is 23.5 Å². The molecule has 0 unspecified atom stereocenters. The lowest BCUT2D eigenvalue weighted by molar-refractivity contribution is 0.0600. The predicted octanol–water partition coefficient (Wildman–Crippen LogP) is 3.09. The van der Waals surface area contributed by atoms with Gasteiger partial charge in [0.2, 0.25) is 17.8 Å². The van der Waals surface area contributed by atoms with Gasteiger partial charge in [0.05, 0.1) is 18.4 Å². The van der Waals surface area contributed by atoms with Crippen molar-refractivity contribution in [1.29, 1.82) is 0 Å². The van der Waals surface area contributed by atoms with Gasteiger partial charge in [0.25, 0.3) is 0 Å². The molecule has 160 valence electrons. The summed E-state index contributed by atoms with van der Waals surface area (Å²) in [5.41, 5.74) is 0.697. The number of carbonyl (C=O) groups is 1. The number of piperidine rings is 2. The molecule has 2 N–H and O–H groups in total. The molecule has 9 nitrogen and oxygen atoms in total. The van der Waals surface area contributed by atoms with Crippen molar-refractivity contribution >= 4 is 29.5 Å². The van der Waals surface area contributed by atoms with E-state index < -0.39 is 5.97 Å². The summed E-state index contributed by atoms with van der Waals surface area (Å²) < 4.78 is 4.70. The number of carbonyl (C=O) groups excluding carboxylic acids is 1. The van der Waals surface area contributed by atoms with E-state index in [0.29, 0.717) is 23.5 Å². The Bertz CT molecular complexity index is 858. The standard InChI is InChI=1S/C21H28N6O3/c1-30-18(29)15-8-9-16(17(28)14-15)22-19-23-20(26-10-4-2-5-11-26)25-21(24-19)27-12-6-3-7-13-27/h8-9,14,28H,2-7,10-13H2,1H3,(H,22,23,24,25). The van der Waals surface area contributed by atoms with Gasteiger partial charge >= 0.3 is 5.97 Å². The minimum atomic E-state index is -0.503. The van der Waals surface area contributed by atoms with Crippen LogP contribution < -0.4 is 15.1 Å². The van der Waals surface area contributed by atoms with Crippen molar-refractivity contribution in [1.82, 2.24) is 15.0 Å². The first kappa shape index (κ1) is 20.2. The molecule has 2 aliphatic heterocycles.